The summed E-state index contributed by atoms with van der Waals surface area (Å²) in [5.74, 6) is -0.625. The standard InChI is InChI=1S/C66H70O17/c1-3-61(67)78-39-11-7-5-9-13-49-15-19-51(20-16-49)63(69)80-57-31-35-59(36-32-57)82-65(71)53-23-27-55(28-24-53)76-47-45-74-43-41-73-42-44-75-46-48-77-56-29-25-54(26-30-56)66(72)83-60-37-33-58(34-38-60)81-64(70)52-21-17-50(18-22-52)14-10-6-8-12-40-79-62(68)4-2/h3-4,15-38H,1-2,5-14,39-48H2. The summed E-state index contributed by atoms with van der Waals surface area (Å²) in [4.78, 5) is 73.3. The first-order valence-corrected chi connectivity index (χ1v) is 27.6. The second kappa shape index (κ2) is 36.5. The van der Waals surface area contributed by atoms with Crippen molar-refractivity contribution in [1.82, 2.24) is 0 Å². The van der Waals surface area contributed by atoms with Crippen molar-refractivity contribution in [3.63, 3.8) is 0 Å². The highest BCUT2D eigenvalue weighted by atomic mass is 16.6. The van der Waals surface area contributed by atoms with Crippen LogP contribution in [0.25, 0.3) is 0 Å². The molecule has 0 saturated heterocycles. The van der Waals surface area contributed by atoms with E-state index in [2.05, 4.69) is 13.2 Å². The van der Waals surface area contributed by atoms with E-state index in [-0.39, 0.29) is 11.5 Å². The highest BCUT2D eigenvalue weighted by Crippen LogP contribution is 2.24. The lowest BCUT2D eigenvalue weighted by Crippen LogP contribution is -2.14. The molecule has 0 spiro atoms. The van der Waals surface area contributed by atoms with Gasteiger partial charge in [-0.15, -0.1) is 0 Å². The number of aryl methyl sites for hydroxylation is 2. The Bertz CT molecular complexity index is 2750. The Balaban J connectivity index is 0.735. The Morgan fingerprint density at radius 3 is 0.831 bits per heavy atom. The van der Waals surface area contributed by atoms with Gasteiger partial charge in [0.2, 0.25) is 0 Å². The maximum absolute atomic E-state index is 12.8. The van der Waals surface area contributed by atoms with Gasteiger partial charge in [0.1, 0.15) is 47.7 Å². The van der Waals surface area contributed by atoms with Crippen LogP contribution in [0.5, 0.6) is 34.5 Å². The second-order valence-corrected chi connectivity index (χ2v) is 18.5. The van der Waals surface area contributed by atoms with Crippen molar-refractivity contribution in [3.05, 3.63) is 204 Å². The van der Waals surface area contributed by atoms with Crippen LogP contribution in [0.15, 0.2) is 171 Å². The third-order valence-corrected chi connectivity index (χ3v) is 12.3. The van der Waals surface area contributed by atoms with Crippen LogP contribution >= 0.6 is 0 Å². The molecule has 6 aromatic rings. The zero-order chi connectivity index (χ0) is 58.7. The maximum atomic E-state index is 12.8. The molecular formula is C66H70O17. The molecule has 0 aliphatic heterocycles. The first kappa shape index (κ1) is 63.3. The molecule has 0 bridgehead atoms. The van der Waals surface area contributed by atoms with Crippen molar-refractivity contribution in [1.29, 1.82) is 0 Å². The van der Waals surface area contributed by atoms with Crippen molar-refractivity contribution in [2.45, 2.75) is 64.2 Å². The van der Waals surface area contributed by atoms with Gasteiger partial charge >= 0.3 is 35.8 Å². The molecule has 6 aromatic carbocycles. The van der Waals surface area contributed by atoms with Gasteiger partial charge in [-0.3, -0.25) is 0 Å². The van der Waals surface area contributed by atoms with Crippen LogP contribution in [-0.2, 0) is 46.1 Å². The van der Waals surface area contributed by atoms with Crippen LogP contribution in [-0.4, -0.2) is 102 Å². The van der Waals surface area contributed by atoms with Gasteiger partial charge < -0.3 is 52.1 Å². The molecule has 17 heteroatoms. The third kappa shape index (κ3) is 24.4. The molecule has 0 radical (unpaired) electrons. The maximum Gasteiger partial charge on any atom is 0.343 e. The van der Waals surface area contributed by atoms with E-state index >= 15 is 0 Å². The van der Waals surface area contributed by atoms with Gasteiger partial charge in [0.25, 0.3) is 0 Å². The average molecular weight is 1140 g/mol. The summed E-state index contributed by atoms with van der Waals surface area (Å²) in [5, 5.41) is 0. The van der Waals surface area contributed by atoms with Crippen molar-refractivity contribution in [2.24, 2.45) is 0 Å². The first-order chi connectivity index (χ1) is 40.5. The molecule has 0 atom stereocenters. The number of unbranched alkanes of at least 4 members (excludes halogenated alkanes) is 6. The summed E-state index contributed by atoms with van der Waals surface area (Å²) in [7, 11) is 0. The summed E-state index contributed by atoms with van der Waals surface area (Å²) < 4.78 is 60.2. The number of benzene rings is 6. The van der Waals surface area contributed by atoms with E-state index in [4.69, 9.17) is 52.1 Å². The smallest absolute Gasteiger partial charge is 0.343 e. The molecule has 0 saturated carbocycles. The van der Waals surface area contributed by atoms with Crippen LogP contribution in [0.3, 0.4) is 0 Å². The van der Waals surface area contributed by atoms with Gasteiger partial charge in [0, 0.05) is 12.2 Å². The highest BCUT2D eigenvalue weighted by Gasteiger charge is 2.15. The van der Waals surface area contributed by atoms with Crippen LogP contribution < -0.4 is 28.4 Å². The number of rotatable bonds is 38. The van der Waals surface area contributed by atoms with E-state index < -0.39 is 35.8 Å². The molecule has 0 unspecified atom stereocenters. The molecule has 0 aromatic heterocycles. The van der Waals surface area contributed by atoms with Crippen LogP contribution in [0.2, 0.25) is 0 Å². The highest BCUT2D eigenvalue weighted by molar-refractivity contribution is 5.93. The minimum absolute atomic E-state index is 0.286. The fourth-order valence-corrected chi connectivity index (χ4v) is 7.82. The Morgan fingerprint density at radius 2 is 0.542 bits per heavy atom. The zero-order valence-electron chi connectivity index (χ0n) is 46.5. The minimum Gasteiger partial charge on any atom is -0.491 e. The zero-order valence-corrected chi connectivity index (χ0v) is 46.5. The van der Waals surface area contributed by atoms with E-state index in [1.807, 2.05) is 24.3 Å². The molecule has 0 N–H and O–H groups in total. The summed E-state index contributed by atoms with van der Waals surface area (Å²) in [6, 6.07) is 40.1. The SMILES string of the molecule is C=CC(=O)OCCCCCCc1ccc(C(=O)Oc2ccc(OC(=O)c3ccc(OCCOCCOCCOCCOc4ccc(C(=O)Oc5ccc(OC(=O)c6ccc(CCCCCCOC(=O)C=C)cc6)cc5)cc4)cc3)cc2)cc1. The minimum atomic E-state index is -0.559. The molecular weight excluding hydrogens is 1060 g/mol. The molecule has 436 valence electrons. The predicted molar refractivity (Wildman–Crippen MR) is 309 cm³/mol. The summed E-state index contributed by atoms with van der Waals surface area (Å²) >= 11 is 0. The van der Waals surface area contributed by atoms with E-state index in [9.17, 15) is 28.8 Å². The van der Waals surface area contributed by atoms with Crippen molar-refractivity contribution < 1.29 is 80.9 Å². The van der Waals surface area contributed by atoms with Crippen molar-refractivity contribution in [2.75, 3.05) is 66.1 Å². The third-order valence-electron chi connectivity index (χ3n) is 12.3. The fraction of sp³-hybridized carbons (Fsp3) is 0.303. The van der Waals surface area contributed by atoms with Gasteiger partial charge in [0.05, 0.1) is 75.1 Å². The van der Waals surface area contributed by atoms with Gasteiger partial charge in [-0.2, -0.15) is 0 Å². The average Bonchev–Trinajstić information content (AvgIpc) is 3.53. The van der Waals surface area contributed by atoms with Gasteiger partial charge in [-0.05, 0) is 171 Å². The lowest BCUT2D eigenvalue weighted by atomic mass is 10.0. The molecule has 0 amide bonds. The molecule has 6 rings (SSSR count). The first-order valence-electron chi connectivity index (χ1n) is 27.6. The summed E-state index contributed by atoms with van der Waals surface area (Å²) in [6.07, 6.45) is 11.5. The van der Waals surface area contributed by atoms with Crippen molar-refractivity contribution >= 4 is 35.8 Å². The molecule has 0 fully saturated rings. The van der Waals surface area contributed by atoms with E-state index in [0.717, 1.165) is 87.5 Å². The quantitative estimate of drug-likeness (QED) is 0.0153. The van der Waals surface area contributed by atoms with Gasteiger partial charge in [0.15, 0.2) is 0 Å². The van der Waals surface area contributed by atoms with Gasteiger partial charge in [-0.1, -0.05) is 63.1 Å². The molecule has 83 heavy (non-hydrogen) atoms. The lowest BCUT2D eigenvalue weighted by molar-refractivity contribution is -0.138. The monoisotopic (exact) mass is 1130 g/mol. The number of carbonyl (C=O) groups is 6. The number of carbonyl (C=O) groups excluding carboxylic acids is 6. The second-order valence-electron chi connectivity index (χ2n) is 18.5. The fourth-order valence-electron chi connectivity index (χ4n) is 7.82. The predicted octanol–water partition coefficient (Wildman–Crippen LogP) is 11.7. The lowest BCUT2D eigenvalue weighted by Gasteiger charge is -2.10. The van der Waals surface area contributed by atoms with Crippen LogP contribution in [0.4, 0.5) is 0 Å². The summed E-state index contributed by atoms with van der Waals surface area (Å²) in [6.45, 7) is 10.3. The Morgan fingerprint density at radius 1 is 0.289 bits per heavy atom. The van der Waals surface area contributed by atoms with E-state index in [1.165, 1.54) is 0 Å². The Labute approximate surface area is 484 Å². The number of ether oxygens (including phenoxy) is 11. The van der Waals surface area contributed by atoms with E-state index in [1.54, 1.807) is 121 Å². The van der Waals surface area contributed by atoms with Crippen molar-refractivity contribution in [3.8, 4) is 34.5 Å². The molecule has 17 nitrogen and oxygen atoms in total. The topological polar surface area (TPSA) is 204 Å². The molecule has 0 aliphatic rings. The normalized spacial score (nSPS) is 10.7. The van der Waals surface area contributed by atoms with E-state index in [0.29, 0.717) is 111 Å². The van der Waals surface area contributed by atoms with Gasteiger partial charge in [-0.25, -0.2) is 28.8 Å². The number of esters is 6. The van der Waals surface area contributed by atoms with Crippen LogP contribution in [0, 0.1) is 0 Å². The van der Waals surface area contributed by atoms with Crippen LogP contribution in [0.1, 0.15) is 104 Å². The Hall–Kier alpha value is -8.90. The molecule has 0 aliphatic carbocycles. The largest absolute Gasteiger partial charge is 0.491 e. The Kier molecular flexibility index (Phi) is 27.8. The summed E-state index contributed by atoms with van der Waals surface area (Å²) in [5.41, 5.74) is 3.71. The number of hydrogen-bond donors (Lipinski definition) is 0. The number of hydrogen-bond acceptors (Lipinski definition) is 17. The molecule has 0 heterocycles.